The van der Waals surface area contributed by atoms with Gasteiger partial charge in [0, 0.05) is 28.3 Å². The number of hydrazone groups is 1. The van der Waals surface area contributed by atoms with E-state index in [9.17, 15) is 4.79 Å². The van der Waals surface area contributed by atoms with E-state index >= 15 is 0 Å². The number of aryl methyl sites for hydroxylation is 2. The molecule has 1 aromatic heterocycles. The molecule has 0 unspecified atom stereocenters. The highest BCUT2D eigenvalue weighted by atomic mass is 35.5. The van der Waals surface area contributed by atoms with Crippen LogP contribution in [0.1, 0.15) is 45.8 Å². The molecule has 0 saturated heterocycles. The lowest BCUT2D eigenvalue weighted by Crippen LogP contribution is -2.15. The molecule has 5 nitrogen and oxygen atoms in total. The number of furan rings is 1. The van der Waals surface area contributed by atoms with Gasteiger partial charge in [0.15, 0.2) is 5.76 Å². The zero-order valence-electron chi connectivity index (χ0n) is 16.4. The van der Waals surface area contributed by atoms with Crippen molar-refractivity contribution in [1.29, 1.82) is 0 Å². The van der Waals surface area contributed by atoms with Crippen molar-refractivity contribution in [3.63, 3.8) is 0 Å². The first kappa shape index (κ1) is 19.3. The zero-order chi connectivity index (χ0) is 20.4. The molecular formula is C23H22ClN3O2. The number of hydrogen-bond acceptors (Lipinski definition) is 4. The van der Waals surface area contributed by atoms with Crippen molar-refractivity contribution < 1.29 is 9.21 Å². The van der Waals surface area contributed by atoms with E-state index in [1.807, 2.05) is 50.2 Å². The van der Waals surface area contributed by atoms with Gasteiger partial charge in [-0.2, -0.15) is 5.10 Å². The van der Waals surface area contributed by atoms with Crippen LogP contribution in [0.25, 0.3) is 0 Å². The summed E-state index contributed by atoms with van der Waals surface area (Å²) in [6.07, 6.45) is 2.56. The molecular weight excluding hydrogens is 386 g/mol. The standard InChI is InChI=1S/C23H22ClN3O2/c1-14-11-12-16(24)13-19(14)25-23(28)22-15(2)21-18(9-6-10-20(21)29-22)27-26-17-7-4-3-5-8-17/h3-5,7-8,11-13,26H,6,9-10H2,1-2H3,(H,25,28)/b27-18+. The average Bonchev–Trinajstić information content (AvgIpc) is 3.07. The minimum absolute atomic E-state index is 0.280. The Bertz CT molecular complexity index is 1090. The van der Waals surface area contributed by atoms with Gasteiger partial charge in [0.25, 0.3) is 5.91 Å². The lowest BCUT2D eigenvalue weighted by molar-refractivity contribution is 0.0994. The van der Waals surface area contributed by atoms with Crippen molar-refractivity contribution in [2.75, 3.05) is 10.7 Å². The van der Waals surface area contributed by atoms with Crippen LogP contribution in [0.15, 0.2) is 58.0 Å². The van der Waals surface area contributed by atoms with E-state index in [4.69, 9.17) is 16.0 Å². The van der Waals surface area contributed by atoms with Crippen molar-refractivity contribution in [1.82, 2.24) is 0 Å². The molecule has 1 amide bonds. The number of hydrogen-bond donors (Lipinski definition) is 2. The number of rotatable bonds is 4. The number of amides is 1. The fourth-order valence-electron chi connectivity index (χ4n) is 3.55. The molecule has 1 aliphatic rings. The smallest absolute Gasteiger partial charge is 0.291 e. The molecule has 1 aliphatic carbocycles. The molecule has 2 N–H and O–H groups in total. The van der Waals surface area contributed by atoms with Crippen LogP contribution in [-0.2, 0) is 6.42 Å². The molecule has 0 aliphatic heterocycles. The minimum Gasteiger partial charge on any atom is -0.455 e. The predicted octanol–water partition coefficient (Wildman–Crippen LogP) is 5.95. The highest BCUT2D eigenvalue weighted by Crippen LogP contribution is 2.31. The number of benzene rings is 2. The molecule has 0 bridgehead atoms. The summed E-state index contributed by atoms with van der Waals surface area (Å²) in [5.74, 6) is 0.858. The summed E-state index contributed by atoms with van der Waals surface area (Å²) in [5.41, 5.74) is 8.30. The second-order valence-corrected chi connectivity index (χ2v) is 7.59. The molecule has 1 heterocycles. The summed E-state index contributed by atoms with van der Waals surface area (Å²) in [6.45, 7) is 3.83. The van der Waals surface area contributed by atoms with Gasteiger partial charge in [-0.1, -0.05) is 35.9 Å². The number of nitrogens with zero attached hydrogens (tertiary/aromatic N) is 1. The number of anilines is 2. The highest BCUT2D eigenvalue weighted by molar-refractivity contribution is 6.31. The van der Waals surface area contributed by atoms with Crippen molar-refractivity contribution in [3.8, 4) is 0 Å². The first-order valence-electron chi connectivity index (χ1n) is 9.60. The van der Waals surface area contributed by atoms with Crippen LogP contribution in [0.5, 0.6) is 0 Å². The normalized spacial score (nSPS) is 14.5. The lowest BCUT2D eigenvalue weighted by atomic mass is 9.93. The van der Waals surface area contributed by atoms with E-state index in [-0.39, 0.29) is 5.91 Å². The van der Waals surface area contributed by atoms with Crippen LogP contribution in [-0.4, -0.2) is 11.6 Å². The van der Waals surface area contributed by atoms with Crippen molar-refractivity contribution in [3.05, 3.63) is 81.8 Å². The molecule has 148 valence electrons. The third-order valence-electron chi connectivity index (χ3n) is 5.07. The Hall–Kier alpha value is -3.05. The molecule has 0 fully saturated rings. The topological polar surface area (TPSA) is 66.6 Å². The van der Waals surface area contributed by atoms with Crippen LogP contribution >= 0.6 is 11.6 Å². The van der Waals surface area contributed by atoms with Gasteiger partial charge in [0.1, 0.15) is 5.76 Å². The Morgan fingerprint density at radius 2 is 1.90 bits per heavy atom. The van der Waals surface area contributed by atoms with E-state index in [2.05, 4.69) is 15.8 Å². The van der Waals surface area contributed by atoms with Gasteiger partial charge in [0.2, 0.25) is 0 Å². The van der Waals surface area contributed by atoms with Gasteiger partial charge in [-0.25, -0.2) is 0 Å². The molecule has 0 spiro atoms. The fourth-order valence-corrected chi connectivity index (χ4v) is 3.72. The highest BCUT2D eigenvalue weighted by Gasteiger charge is 2.28. The largest absolute Gasteiger partial charge is 0.455 e. The SMILES string of the molecule is Cc1ccc(Cl)cc1NC(=O)c1oc2c(c1C)/C(=N/Nc1ccccc1)CCC2. The molecule has 3 aromatic rings. The molecule has 0 radical (unpaired) electrons. The van der Waals surface area contributed by atoms with E-state index in [1.54, 1.807) is 12.1 Å². The first-order chi connectivity index (χ1) is 14.0. The second kappa shape index (κ2) is 8.13. The zero-order valence-corrected chi connectivity index (χ0v) is 17.1. The minimum atomic E-state index is -0.280. The summed E-state index contributed by atoms with van der Waals surface area (Å²) in [7, 11) is 0. The molecule has 0 saturated carbocycles. The maximum Gasteiger partial charge on any atom is 0.291 e. The second-order valence-electron chi connectivity index (χ2n) is 7.16. The molecule has 6 heteroatoms. The Balaban J connectivity index is 1.62. The van der Waals surface area contributed by atoms with Gasteiger partial charge in [-0.15, -0.1) is 0 Å². The number of carbonyl (C=O) groups is 1. The monoisotopic (exact) mass is 407 g/mol. The van der Waals surface area contributed by atoms with Gasteiger partial charge in [0.05, 0.1) is 11.4 Å². The third kappa shape index (κ3) is 4.05. The van der Waals surface area contributed by atoms with Crippen LogP contribution in [0.2, 0.25) is 5.02 Å². The van der Waals surface area contributed by atoms with E-state index in [0.717, 1.165) is 53.1 Å². The first-order valence-corrected chi connectivity index (χ1v) is 9.98. The number of fused-ring (bicyclic) bond motifs is 1. The number of carbonyl (C=O) groups excluding carboxylic acids is 1. The van der Waals surface area contributed by atoms with Gasteiger partial charge >= 0.3 is 0 Å². The van der Waals surface area contributed by atoms with Gasteiger partial charge in [-0.05, 0) is 56.5 Å². The molecule has 4 rings (SSSR count). The van der Waals surface area contributed by atoms with Crippen LogP contribution < -0.4 is 10.7 Å². The Morgan fingerprint density at radius 3 is 2.69 bits per heavy atom. The number of para-hydroxylation sites is 1. The van der Waals surface area contributed by atoms with E-state index < -0.39 is 0 Å². The van der Waals surface area contributed by atoms with E-state index in [0.29, 0.717) is 16.5 Å². The lowest BCUT2D eigenvalue weighted by Gasteiger charge is -2.13. The van der Waals surface area contributed by atoms with Gasteiger partial charge < -0.3 is 9.73 Å². The molecule has 2 aromatic carbocycles. The average molecular weight is 408 g/mol. The van der Waals surface area contributed by atoms with Gasteiger partial charge in [-0.3, -0.25) is 10.2 Å². The van der Waals surface area contributed by atoms with Crippen LogP contribution in [0.3, 0.4) is 0 Å². The Morgan fingerprint density at radius 1 is 1.10 bits per heavy atom. The third-order valence-corrected chi connectivity index (χ3v) is 5.31. The van der Waals surface area contributed by atoms with Crippen LogP contribution in [0.4, 0.5) is 11.4 Å². The maximum atomic E-state index is 12.9. The van der Waals surface area contributed by atoms with Crippen molar-refractivity contribution in [2.45, 2.75) is 33.1 Å². The van der Waals surface area contributed by atoms with Crippen LogP contribution in [0, 0.1) is 13.8 Å². The summed E-state index contributed by atoms with van der Waals surface area (Å²) in [5, 5.41) is 8.08. The molecule has 29 heavy (non-hydrogen) atoms. The van der Waals surface area contributed by atoms with Crippen molar-refractivity contribution >= 4 is 34.6 Å². The number of halogens is 1. The fraction of sp³-hybridized carbons (Fsp3) is 0.217. The summed E-state index contributed by atoms with van der Waals surface area (Å²) >= 11 is 6.07. The Labute approximate surface area is 174 Å². The summed E-state index contributed by atoms with van der Waals surface area (Å²) < 4.78 is 5.97. The van der Waals surface area contributed by atoms with E-state index in [1.165, 1.54) is 0 Å². The maximum absolute atomic E-state index is 12.9. The number of nitrogens with one attached hydrogen (secondary N) is 2. The quantitative estimate of drug-likeness (QED) is 0.525. The Kier molecular flexibility index (Phi) is 5.41. The predicted molar refractivity (Wildman–Crippen MR) is 117 cm³/mol. The van der Waals surface area contributed by atoms with Crippen molar-refractivity contribution in [2.24, 2.45) is 5.10 Å². The molecule has 0 atom stereocenters. The summed E-state index contributed by atoms with van der Waals surface area (Å²) in [6, 6.07) is 15.2. The summed E-state index contributed by atoms with van der Waals surface area (Å²) in [4.78, 5) is 12.9.